The highest BCUT2D eigenvalue weighted by Gasteiger charge is 2.17. The number of nitrogens with one attached hydrogen (secondary N) is 2. The van der Waals surface area contributed by atoms with Crippen LogP contribution < -0.4 is 10.0 Å². The molecule has 2 rings (SSSR count). The molecule has 0 aliphatic carbocycles. The number of nitriles is 1. The van der Waals surface area contributed by atoms with Crippen molar-refractivity contribution in [3.05, 3.63) is 64.7 Å². The Morgan fingerprint density at radius 1 is 1.19 bits per heavy atom. The summed E-state index contributed by atoms with van der Waals surface area (Å²) in [5.74, 6) is -0.288. The molecule has 1 atom stereocenters. The number of amides is 1. The van der Waals surface area contributed by atoms with Crippen LogP contribution >= 0.6 is 11.6 Å². The topological polar surface area (TPSA) is 99.1 Å². The van der Waals surface area contributed by atoms with Gasteiger partial charge in [-0.15, -0.1) is 0 Å². The molecule has 8 heteroatoms. The average Bonchev–Trinajstić information content (AvgIpc) is 2.61. The minimum Gasteiger partial charge on any atom is -0.350 e. The van der Waals surface area contributed by atoms with E-state index in [0.717, 1.165) is 5.56 Å². The van der Waals surface area contributed by atoms with Gasteiger partial charge in [-0.25, -0.2) is 13.1 Å². The third-order valence-electron chi connectivity index (χ3n) is 3.69. The minimum atomic E-state index is -3.77. The first-order valence-electron chi connectivity index (χ1n) is 7.87. The van der Waals surface area contributed by atoms with Crippen LogP contribution in [0, 0.1) is 11.3 Å². The van der Waals surface area contributed by atoms with Crippen LogP contribution in [0.1, 0.15) is 30.5 Å². The quantitative estimate of drug-likeness (QED) is 0.757. The molecule has 0 spiro atoms. The fourth-order valence-corrected chi connectivity index (χ4v) is 3.83. The first-order valence-corrected chi connectivity index (χ1v) is 9.73. The molecule has 1 unspecified atom stereocenters. The van der Waals surface area contributed by atoms with Crippen molar-refractivity contribution in [1.29, 1.82) is 5.26 Å². The average molecular weight is 392 g/mol. The molecule has 2 aromatic carbocycles. The van der Waals surface area contributed by atoms with E-state index in [1.807, 2.05) is 13.0 Å². The smallest absolute Gasteiger partial charge is 0.242 e. The van der Waals surface area contributed by atoms with Crippen molar-refractivity contribution in [1.82, 2.24) is 10.0 Å². The third-order valence-corrected chi connectivity index (χ3v) is 5.65. The van der Waals surface area contributed by atoms with Gasteiger partial charge in [0.15, 0.2) is 0 Å². The SMILES string of the molecule is CC(NC(=O)CCNS(=O)(=O)c1ccccc1Cl)c1ccc(C#N)cc1. The molecule has 2 aromatic rings. The predicted octanol–water partition coefficient (Wildman–Crippen LogP) is 2.76. The van der Waals surface area contributed by atoms with Crippen LogP contribution in [0.5, 0.6) is 0 Å². The molecule has 0 aromatic heterocycles. The van der Waals surface area contributed by atoms with Crippen molar-refractivity contribution in [3.63, 3.8) is 0 Å². The van der Waals surface area contributed by atoms with E-state index >= 15 is 0 Å². The Kier molecular flexibility index (Phi) is 6.75. The van der Waals surface area contributed by atoms with Gasteiger partial charge in [-0.3, -0.25) is 4.79 Å². The lowest BCUT2D eigenvalue weighted by Gasteiger charge is -2.14. The summed E-state index contributed by atoms with van der Waals surface area (Å²) < 4.78 is 26.7. The second-order valence-corrected chi connectivity index (χ2v) is 7.74. The molecule has 1 amide bonds. The lowest BCUT2D eigenvalue weighted by Crippen LogP contribution is -2.32. The first-order chi connectivity index (χ1) is 12.3. The van der Waals surface area contributed by atoms with Gasteiger partial charge in [0, 0.05) is 13.0 Å². The summed E-state index contributed by atoms with van der Waals surface area (Å²) in [6.07, 6.45) is -0.00962. The molecular formula is C18H18ClN3O3S. The zero-order chi connectivity index (χ0) is 19.2. The number of halogens is 1. The van der Waals surface area contributed by atoms with E-state index in [-0.39, 0.29) is 34.8 Å². The van der Waals surface area contributed by atoms with Gasteiger partial charge < -0.3 is 5.32 Å². The van der Waals surface area contributed by atoms with Gasteiger partial charge in [-0.1, -0.05) is 35.9 Å². The molecule has 6 nitrogen and oxygen atoms in total. The van der Waals surface area contributed by atoms with Crippen LogP contribution in [0.15, 0.2) is 53.4 Å². The van der Waals surface area contributed by atoms with Gasteiger partial charge in [-0.05, 0) is 36.8 Å². The molecule has 0 fully saturated rings. The Labute approximate surface area is 157 Å². The van der Waals surface area contributed by atoms with Crippen LogP contribution in [-0.4, -0.2) is 20.9 Å². The number of sulfonamides is 1. The number of hydrogen-bond acceptors (Lipinski definition) is 4. The molecule has 136 valence electrons. The van der Waals surface area contributed by atoms with Gasteiger partial charge in [0.2, 0.25) is 15.9 Å². The minimum absolute atomic E-state index is 0.00962. The van der Waals surface area contributed by atoms with Crippen molar-refractivity contribution in [2.45, 2.75) is 24.3 Å². The lowest BCUT2D eigenvalue weighted by molar-refractivity contribution is -0.121. The third kappa shape index (κ3) is 5.30. The van der Waals surface area contributed by atoms with E-state index in [0.29, 0.717) is 5.56 Å². The first kappa shape index (κ1) is 19.9. The van der Waals surface area contributed by atoms with Crippen molar-refractivity contribution in [2.24, 2.45) is 0 Å². The van der Waals surface area contributed by atoms with E-state index in [9.17, 15) is 13.2 Å². The van der Waals surface area contributed by atoms with E-state index in [1.54, 1.807) is 36.4 Å². The van der Waals surface area contributed by atoms with Crippen LogP contribution in [0.2, 0.25) is 5.02 Å². The number of carbonyl (C=O) groups is 1. The summed E-state index contributed by atoms with van der Waals surface area (Å²) in [4.78, 5) is 12.0. The van der Waals surface area contributed by atoms with Crippen LogP contribution in [0.4, 0.5) is 0 Å². The highest BCUT2D eigenvalue weighted by molar-refractivity contribution is 7.89. The molecular weight excluding hydrogens is 374 g/mol. The molecule has 0 saturated heterocycles. The molecule has 26 heavy (non-hydrogen) atoms. The summed E-state index contributed by atoms with van der Waals surface area (Å²) in [5.41, 5.74) is 1.40. The maximum absolute atomic E-state index is 12.2. The number of nitrogens with zero attached hydrogens (tertiary/aromatic N) is 1. The number of rotatable bonds is 7. The lowest BCUT2D eigenvalue weighted by atomic mass is 10.1. The monoisotopic (exact) mass is 391 g/mol. The van der Waals surface area contributed by atoms with E-state index in [1.165, 1.54) is 12.1 Å². The summed E-state index contributed by atoms with van der Waals surface area (Å²) in [5, 5.41) is 11.7. The number of hydrogen-bond donors (Lipinski definition) is 2. The highest BCUT2D eigenvalue weighted by Crippen LogP contribution is 2.20. The van der Waals surface area contributed by atoms with Crippen LogP contribution in [-0.2, 0) is 14.8 Å². The van der Waals surface area contributed by atoms with E-state index in [2.05, 4.69) is 10.0 Å². The maximum Gasteiger partial charge on any atom is 0.242 e. The summed E-state index contributed by atoms with van der Waals surface area (Å²) in [6, 6.07) is 14.8. The number of benzene rings is 2. The highest BCUT2D eigenvalue weighted by atomic mass is 35.5. The normalized spacial score (nSPS) is 12.2. The maximum atomic E-state index is 12.2. The zero-order valence-corrected chi connectivity index (χ0v) is 15.6. The van der Waals surface area contributed by atoms with Gasteiger partial charge in [0.1, 0.15) is 4.90 Å². The Morgan fingerprint density at radius 3 is 2.46 bits per heavy atom. The van der Waals surface area contributed by atoms with Crippen molar-refractivity contribution < 1.29 is 13.2 Å². The van der Waals surface area contributed by atoms with Crippen molar-refractivity contribution in [3.8, 4) is 6.07 Å². The fraction of sp³-hybridized carbons (Fsp3) is 0.222. The Morgan fingerprint density at radius 2 is 1.85 bits per heavy atom. The molecule has 0 bridgehead atoms. The Balaban J connectivity index is 1.86. The van der Waals surface area contributed by atoms with Gasteiger partial charge >= 0.3 is 0 Å². The standard InChI is InChI=1S/C18H18ClN3O3S/c1-13(15-8-6-14(12-20)7-9-15)22-18(23)10-11-21-26(24,25)17-5-3-2-4-16(17)19/h2-9,13,21H,10-11H2,1H3,(H,22,23). The largest absolute Gasteiger partial charge is 0.350 e. The van der Waals surface area contributed by atoms with Gasteiger partial charge in [0.05, 0.1) is 22.7 Å². The molecule has 0 radical (unpaired) electrons. The second-order valence-electron chi connectivity index (χ2n) is 5.60. The molecule has 2 N–H and O–H groups in total. The molecule has 0 aliphatic heterocycles. The number of carbonyl (C=O) groups excluding carboxylic acids is 1. The molecule has 0 heterocycles. The summed E-state index contributed by atoms with van der Waals surface area (Å²) in [7, 11) is -3.77. The van der Waals surface area contributed by atoms with E-state index in [4.69, 9.17) is 16.9 Å². The van der Waals surface area contributed by atoms with Gasteiger partial charge in [-0.2, -0.15) is 5.26 Å². The summed E-state index contributed by atoms with van der Waals surface area (Å²) in [6.45, 7) is 1.77. The van der Waals surface area contributed by atoms with Crippen molar-refractivity contribution in [2.75, 3.05) is 6.54 Å². The zero-order valence-electron chi connectivity index (χ0n) is 14.1. The summed E-state index contributed by atoms with van der Waals surface area (Å²) >= 11 is 5.89. The Bertz CT molecular complexity index is 921. The van der Waals surface area contributed by atoms with Gasteiger partial charge in [0.25, 0.3) is 0 Å². The predicted molar refractivity (Wildman–Crippen MR) is 99.0 cm³/mol. The second kappa shape index (κ2) is 8.81. The van der Waals surface area contributed by atoms with E-state index < -0.39 is 10.0 Å². The fourth-order valence-electron chi connectivity index (χ4n) is 2.28. The Hall–Kier alpha value is -2.40. The molecule has 0 saturated carbocycles. The molecule has 0 aliphatic rings. The van der Waals surface area contributed by atoms with Crippen LogP contribution in [0.3, 0.4) is 0 Å². The van der Waals surface area contributed by atoms with Crippen LogP contribution in [0.25, 0.3) is 0 Å². The van der Waals surface area contributed by atoms with Crippen molar-refractivity contribution >= 4 is 27.5 Å².